The average molecular weight is 334 g/mol. The second-order valence-electron chi connectivity index (χ2n) is 4.79. The number of primary amides is 1. The van der Waals surface area contributed by atoms with Gasteiger partial charge in [-0.1, -0.05) is 12.1 Å². The number of nitrogens with two attached hydrogens (primary N) is 1. The first kappa shape index (κ1) is 17.6. The summed E-state index contributed by atoms with van der Waals surface area (Å²) in [5.41, 5.74) is 5.28. The maximum atomic E-state index is 12.0. The fraction of sp³-hybridized carbons (Fsp3) is 0.417. The van der Waals surface area contributed by atoms with E-state index in [1.807, 2.05) is 0 Å². The van der Waals surface area contributed by atoms with Gasteiger partial charge in [0.15, 0.2) is 9.84 Å². The Labute approximate surface area is 124 Å². The van der Waals surface area contributed by atoms with Gasteiger partial charge in [-0.25, -0.2) is 21.1 Å². The van der Waals surface area contributed by atoms with Crippen LogP contribution in [0.15, 0.2) is 29.2 Å². The van der Waals surface area contributed by atoms with E-state index in [9.17, 15) is 21.6 Å². The van der Waals surface area contributed by atoms with Gasteiger partial charge in [-0.2, -0.15) is 0 Å². The quantitative estimate of drug-likeness (QED) is 0.769. The molecule has 0 spiro atoms. The Morgan fingerprint density at radius 1 is 1.24 bits per heavy atom. The highest BCUT2D eigenvalue weighted by Crippen LogP contribution is 2.18. The predicted octanol–water partition coefficient (Wildman–Crippen LogP) is -0.274. The summed E-state index contributed by atoms with van der Waals surface area (Å²) < 4.78 is 49.0. The van der Waals surface area contributed by atoms with E-state index in [0.29, 0.717) is 0 Å². The first-order valence-electron chi connectivity index (χ1n) is 6.01. The van der Waals surface area contributed by atoms with Crippen molar-refractivity contribution in [1.82, 2.24) is 4.31 Å². The molecule has 1 atom stereocenters. The molecule has 1 aromatic carbocycles. The summed E-state index contributed by atoms with van der Waals surface area (Å²) in [4.78, 5) is 11.0. The zero-order valence-electron chi connectivity index (χ0n) is 12.0. The van der Waals surface area contributed by atoms with Gasteiger partial charge in [-0.15, -0.1) is 0 Å². The summed E-state index contributed by atoms with van der Waals surface area (Å²) in [6.45, 7) is 1.21. The second-order valence-corrected chi connectivity index (χ2v) is 9.26. The van der Waals surface area contributed by atoms with Gasteiger partial charge in [0.25, 0.3) is 0 Å². The SMILES string of the molecule is CC(C(N)=O)S(=O)(=O)Cc1cccc(S(=O)(=O)N(C)C)c1. The van der Waals surface area contributed by atoms with Crippen molar-refractivity contribution in [3.05, 3.63) is 29.8 Å². The summed E-state index contributed by atoms with van der Waals surface area (Å²) in [5.74, 6) is -1.39. The number of rotatable bonds is 6. The number of carbonyl (C=O) groups is 1. The molecule has 0 fully saturated rings. The van der Waals surface area contributed by atoms with E-state index in [1.54, 1.807) is 0 Å². The third-order valence-corrected chi connectivity index (χ3v) is 6.84. The summed E-state index contributed by atoms with van der Waals surface area (Å²) in [6.07, 6.45) is 0. The minimum atomic E-state index is -3.78. The van der Waals surface area contributed by atoms with Crippen LogP contribution in [0.4, 0.5) is 0 Å². The van der Waals surface area contributed by atoms with Gasteiger partial charge < -0.3 is 5.73 Å². The smallest absolute Gasteiger partial charge is 0.242 e. The maximum Gasteiger partial charge on any atom is 0.242 e. The Hall–Kier alpha value is -1.45. The molecule has 0 saturated carbocycles. The molecule has 118 valence electrons. The van der Waals surface area contributed by atoms with E-state index in [0.717, 1.165) is 4.31 Å². The Kier molecular flexibility index (Phi) is 5.13. The van der Waals surface area contributed by atoms with Crippen LogP contribution in [-0.4, -0.2) is 46.4 Å². The monoisotopic (exact) mass is 334 g/mol. The highest BCUT2D eigenvalue weighted by molar-refractivity contribution is 7.92. The molecular weight excluding hydrogens is 316 g/mol. The summed E-state index contributed by atoms with van der Waals surface area (Å²) in [6, 6.07) is 5.60. The van der Waals surface area contributed by atoms with E-state index < -0.39 is 36.8 Å². The third kappa shape index (κ3) is 4.02. The molecule has 9 heteroatoms. The van der Waals surface area contributed by atoms with E-state index in [1.165, 1.54) is 45.3 Å². The van der Waals surface area contributed by atoms with Crippen LogP contribution in [0.5, 0.6) is 0 Å². The molecule has 0 heterocycles. The normalized spacial score (nSPS) is 14.1. The summed E-state index contributed by atoms with van der Waals surface area (Å²) >= 11 is 0. The van der Waals surface area contributed by atoms with Crippen molar-refractivity contribution in [2.24, 2.45) is 5.73 Å². The third-order valence-electron chi connectivity index (χ3n) is 2.98. The Balaban J connectivity index is 3.17. The van der Waals surface area contributed by atoms with E-state index in [2.05, 4.69) is 0 Å². The summed E-state index contributed by atoms with van der Waals surface area (Å²) in [5, 5.41) is -1.33. The molecule has 0 bridgehead atoms. The van der Waals surface area contributed by atoms with Gasteiger partial charge in [0.1, 0.15) is 5.25 Å². The molecular formula is C12H18N2O5S2. The van der Waals surface area contributed by atoms with Crippen molar-refractivity contribution in [3.63, 3.8) is 0 Å². The molecule has 0 aromatic heterocycles. The number of hydrogen-bond donors (Lipinski definition) is 1. The fourth-order valence-electron chi connectivity index (χ4n) is 1.54. The Morgan fingerprint density at radius 3 is 2.29 bits per heavy atom. The van der Waals surface area contributed by atoms with Gasteiger partial charge in [0, 0.05) is 14.1 Å². The van der Waals surface area contributed by atoms with Gasteiger partial charge in [0.05, 0.1) is 10.6 Å². The fourth-order valence-corrected chi connectivity index (χ4v) is 3.76. The Bertz CT molecular complexity index is 739. The van der Waals surface area contributed by atoms with Crippen LogP contribution in [0.2, 0.25) is 0 Å². The van der Waals surface area contributed by atoms with Crippen LogP contribution >= 0.6 is 0 Å². The molecule has 1 unspecified atom stereocenters. The van der Waals surface area contributed by atoms with Crippen molar-refractivity contribution in [3.8, 4) is 0 Å². The molecule has 7 nitrogen and oxygen atoms in total. The molecule has 0 aliphatic heterocycles. The largest absolute Gasteiger partial charge is 0.369 e. The van der Waals surface area contributed by atoms with Gasteiger partial charge in [-0.05, 0) is 24.6 Å². The first-order chi connectivity index (χ1) is 9.48. The van der Waals surface area contributed by atoms with Crippen molar-refractivity contribution >= 4 is 25.8 Å². The van der Waals surface area contributed by atoms with Crippen LogP contribution in [0, 0.1) is 0 Å². The number of hydrogen-bond acceptors (Lipinski definition) is 5. The molecule has 0 saturated heterocycles. The molecule has 21 heavy (non-hydrogen) atoms. The Morgan fingerprint density at radius 2 is 1.81 bits per heavy atom. The van der Waals surface area contributed by atoms with Crippen LogP contribution in [0.1, 0.15) is 12.5 Å². The molecule has 1 aromatic rings. The van der Waals surface area contributed by atoms with Crippen LogP contribution < -0.4 is 5.73 Å². The molecule has 1 rings (SSSR count). The van der Waals surface area contributed by atoms with Gasteiger partial charge >= 0.3 is 0 Å². The van der Waals surface area contributed by atoms with E-state index in [4.69, 9.17) is 5.73 Å². The molecule has 1 amide bonds. The van der Waals surface area contributed by atoms with Gasteiger partial charge in [-0.3, -0.25) is 4.79 Å². The molecule has 0 radical (unpaired) electrons. The maximum absolute atomic E-state index is 12.0. The minimum absolute atomic E-state index is 0.00747. The predicted molar refractivity (Wildman–Crippen MR) is 78.6 cm³/mol. The number of sulfonamides is 1. The number of benzene rings is 1. The highest BCUT2D eigenvalue weighted by Gasteiger charge is 2.27. The number of amides is 1. The molecule has 0 aliphatic rings. The lowest BCUT2D eigenvalue weighted by Gasteiger charge is -2.13. The average Bonchev–Trinajstić information content (AvgIpc) is 2.37. The lowest BCUT2D eigenvalue weighted by atomic mass is 10.2. The number of nitrogens with zero attached hydrogens (tertiary/aromatic N) is 1. The van der Waals surface area contributed by atoms with E-state index in [-0.39, 0.29) is 10.5 Å². The second kappa shape index (κ2) is 6.12. The highest BCUT2D eigenvalue weighted by atomic mass is 32.2. The topological polar surface area (TPSA) is 115 Å². The standard InChI is InChI=1S/C12H18N2O5S2/c1-9(12(13)15)20(16,17)8-10-5-4-6-11(7-10)21(18,19)14(2)3/h4-7,9H,8H2,1-3H3,(H2,13,15). The van der Waals surface area contributed by atoms with Crippen molar-refractivity contribution in [2.75, 3.05) is 14.1 Å². The minimum Gasteiger partial charge on any atom is -0.369 e. The van der Waals surface area contributed by atoms with Crippen molar-refractivity contribution in [2.45, 2.75) is 22.8 Å². The lowest BCUT2D eigenvalue weighted by molar-refractivity contribution is -0.117. The zero-order valence-corrected chi connectivity index (χ0v) is 13.6. The summed E-state index contributed by atoms with van der Waals surface area (Å²) in [7, 11) is -4.66. The van der Waals surface area contributed by atoms with Crippen molar-refractivity contribution < 1.29 is 21.6 Å². The molecule has 2 N–H and O–H groups in total. The lowest BCUT2D eigenvalue weighted by Crippen LogP contribution is -2.34. The number of sulfone groups is 1. The van der Waals surface area contributed by atoms with Gasteiger partial charge in [0.2, 0.25) is 15.9 Å². The molecule has 0 aliphatic carbocycles. The zero-order chi connectivity index (χ0) is 16.4. The van der Waals surface area contributed by atoms with E-state index >= 15 is 0 Å². The first-order valence-corrected chi connectivity index (χ1v) is 9.16. The van der Waals surface area contributed by atoms with Crippen molar-refractivity contribution in [1.29, 1.82) is 0 Å². The van der Waals surface area contributed by atoms with Crippen LogP contribution in [0.3, 0.4) is 0 Å². The number of carbonyl (C=O) groups excluding carboxylic acids is 1. The van der Waals surface area contributed by atoms with Crippen LogP contribution in [-0.2, 0) is 30.4 Å². The van der Waals surface area contributed by atoms with Crippen LogP contribution in [0.25, 0.3) is 0 Å².